The summed E-state index contributed by atoms with van der Waals surface area (Å²) in [6, 6.07) is 13.9. The van der Waals surface area contributed by atoms with Gasteiger partial charge in [0.2, 0.25) is 11.8 Å². The molecule has 166 valence electrons. The molecule has 0 spiro atoms. The highest BCUT2D eigenvalue weighted by Gasteiger charge is 2.34. The maximum atomic E-state index is 13.0. The average molecular weight is 445 g/mol. The van der Waals surface area contributed by atoms with Crippen LogP contribution in [0.1, 0.15) is 32.8 Å². The van der Waals surface area contributed by atoms with Crippen molar-refractivity contribution in [1.29, 1.82) is 0 Å². The van der Waals surface area contributed by atoms with Gasteiger partial charge in [-0.25, -0.2) is 4.79 Å². The predicted molar refractivity (Wildman–Crippen MR) is 123 cm³/mol. The number of nitrogens with two attached hydrogens (primary N) is 1. The molecule has 0 saturated heterocycles. The number of anilines is 1. The maximum Gasteiger partial charge on any atom is 0.319 e. The highest BCUT2D eigenvalue weighted by Crippen LogP contribution is 2.20. The van der Waals surface area contributed by atoms with Gasteiger partial charge in [0, 0.05) is 10.7 Å². The Balaban J connectivity index is 2.03. The molecule has 2 atom stereocenters. The summed E-state index contributed by atoms with van der Waals surface area (Å²) < 4.78 is 0. The fourth-order valence-electron chi connectivity index (χ4n) is 3.00. The number of aryl methyl sites for hydroxylation is 1. The van der Waals surface area contributed by atoms with Crippen molar-refractivity contribution < 1.29 is 14.4 Å². The first-order valence-corrected chi connectivity index (χ1v) is 10.4. The van der Waals surface area contributed by atoms with Gasteiger partial charge in [-0.1, -0.05) is 62.7 Å². The molecule has 2 rings (SSSR count). The molecule has 0 aliphatic heterocycles. The second kappa shape index (κ2) is 10.8. The fourth-order valence-corrected chi connectivity index (χ4v) is 3.13. The Morgan fingerprint density at radius 2 is 1.58 bits per heavy atom. The van der Waals surface area contributed by atoms with Gasteiger partial charge in [-0.05, 0) is 48.1 Å². The van der Waals surface area contributed by atoms with E-state index in [-0.39, 0.29) is 0 Å². The zero-order valence-electron chi connectivity index (χ0n) is 17.9. The number of carbonyl (C=O) groups excluding carboxylic acids is 3. The molecule has 2 unspecified atom stereocenters. The zero-order chi connectivity index (χ0) is 23.0. The quantitative estimate of drug-likeness (QED) is 0.499. The summed E-state index contributed by atoms with van der Waals surface area (Å²) in [7, 11) is 0. The Labute approximate surface area is 187 Å². The first kappa shape index (κ1) is 24.2. The van der Waals surface area contributed by atoms with Crippen LogP contribution < -0.4 is 21.7 Å². The minimum absolute atomic E-state index is 0.360. The number of hydrogen-bond donors (Lipinski definition) is 4. The molecule has 7 nitrogen and oxygen atoms in total. The minimum Gasteiger partial charge on any atom is -0.368 e. The van der Waals surface area contributed by atoms with Crippen molar-refractivity contribution in [2.24, 2.45) is 11.1 Å². The summed E-state index contributed by atoms with van der Waals surface area (Å²) in [6.07, 6.45) is 0.943. The van der Waals surface area contributed by atoms with Crippen LogP contribution in [0.25, 0.3) is 0 Å². The number of rotatable bonds is 8. The Kier molecular flexibility index (Phi) is 8.45. The van der Waals surface area contributed by atoms with Gasteiger partial charge in [-0.15, -0.1) is 0 Å². The van der Waals surface area contributed by atoms with E-state index in [1.807, 2.05) is 51.1 Å². The molecule has 0 bridgehead atoms. The highest BCUT2D eigenvalue weighted by molar-refractivity contribution is 6.30. The van der Waals surface area contributed by atoms with E-state index in [9.17, 15) is 14.4 Å². The van der Waals surface area contributed by atoms with E-state index in [1.165, 1.54) is 0 Å². The summed E-state index contributed by atoms with van der Waals surface area (Å²) >= 11 is 5.85. The van der Waals surface area contributed by atoms with Crippen molar-refractivity contribution in [3.63, 3.8) is 0 Å². The molecule has 0 radical (unpaired) electrons. The summed E-state index contributed by atoms with van der Waals surface area (Å²) in [4.78, 5) is 37.3. The van der Waals surface area contributed by atoms with Crippen molar-refractivity contribution in [1.82, 2.24) is 10.6 Å². The van der Waals surface area contributed by atoms with Crippen molar-refractivity contribution in [2.75, 3.05) is 5.32 Å². The minimum atomic E-state index is -0.890. The molecule has 31 heavy (non-hydrogen) atoms. The highest BCUT2D eigenvalue weighted by atomic mass is 35.5. The molecular formula is C23H29ClN4O3. The first-order chi connectivity index (χ1) is 14.6. The van der Waals surface area contributed by atoms with Gasteiger partial charge < -0.3 is 21.7 Å². The van der Waals surface area contributed by atoms with E-state index in [2.05, 4.69) is 16.0 Å². The maximum absolute atomic E-state index is 13.0. The summed E-state index contributed by atoms with van der Waals surface area (Å²) in [5.74, 6) is -1.10. The van der Waals surface area contributed by atoms with Crippen LogP contribution in [0.2, 0.25) is 5.02 Å². The Morgan fingerprint density at radius 3 is 2.13 bits per heavy atom. The summed E-state index contributed by atoms with van der Waals surface area (Å²) in [6.45, 7) is 5.47. The predicted octanol–water partition coefficient (Wildman–Crippen LogP) is 3.48. The Morgan fingerprint density at radius 1 is 0.968 bits per heavy atom. The molecular weight excluding hydrogens is 416 g/mol. The number of urea groups is 1. The molecule has 8 heteroatoms. The lowest BCUT2D eigenvalue weighted by molar-refractivity contribution is -0.130. The number of carbonyl (C=O) groups is 3. The lowest BCUT2D eigenvalue weighted by Gasteiger charge is -2.31. The van der Waals surface area contributed by atoms with Gasteiger partial charge in [-0.2, -0.15) is 0 Å². The van der Waals surface area contributed by atoms with E-state index < -0.39 is 35.3 Å². The summed E-state index contributed by atoms with van der Waals surface area (Å²) in [5.41, 5.74) is 6.47. The van der Waals surface area contributed by atoms with E-state index in [0.29, 0.717) is 23.6 Å². The number of hydrogen-bond acceptors (Lipinski definition) is 3. The van der Waals surface area contributed by atoms with Crippen LogP contribution in [0.15, 0.2) is 54.6 Å². The second-order valence-corrected chi connectivity index (χ2v) is 8.83. The van der Waals surface area contributed by atoms with Gasteiger partial charge >= 0.3 is 6.03 Å². The normalized spacial score (nSPS) is 13.0. The van der Waals surface area contributed by atoms with E-state index in [1.54, 1.807) is 24.3 Å². The van der Waals surface area contributed by atoms with Crippen molar-refractivity contribution in [3.05, 3.63) is 65.2 Å². The first-order valence-electron chi connectivity index (χ1n) is 10.0. The van der Waals surface area contributed by atoms with Crippen LogP contribution >= 0.6 is 11.6 Å². The smallest absolute Gasteiger partial charge is 0.319 e. The second-order valence-electron chi connectivity index (χ2n) is 8.39. The SMILES string of the molecule is CC(C)(C)C(NC(=O)Nc1ccc(Cl)cc1)C(=O)NC(CCc1ccccc1)C(N)=O. The molecule has 0 heterocycles. The number of halogens is 1. The van der Waals surface area contributed by atoms with Gasteiger partial charge in [0.05, 0.1) is 0 Å². The van der Waals surface area contributed by atoms with Crippen LogP contribution in [0.4, 0.5) is 10.5 Å². The van der Waals surface area contributed by atoms with Gasteiger partial charge in [0.1, 0.15) is 12.1 Å². The molecule has 0 aromatic heterocycles. The van der Waals surface area contributed by atoms with Crippen molar-refractivity contribution in [2.45, 2.75) is 45.7 Å². The molecule has 2 aromatic carbocycles. The lowest BCUT2D eigenvalue weighted by atomic mass is 9.86. The topological polar surface area (TPSA) is 113 Å². The fraction of sp³-hybridized carbons (Fsp3) is 0.348. The Bertz CT molecular complexity index is 895. The molecule has 0 saturated carbocycles. The summed E-state index contributed by atoms with van der Waals surface area (Å²) in [5, 5.41) is 8.60. The number of benzene rings is 2. The number of nitrogens with one attached hydrogen (secondary N) is 3. The lowest BCUT2D eigenvalue weighted by Crippen LogP contribution is -2.58. The largest absolute Gasteiger partial charge is 0.368 e. The van der Waals surface area contributed by atoms with Crippen LogP contribution in [0, 0.1) is 5.41 Å². The third-order valence-electron chi connectivity index (χ3n) is 4.73. The number of primary amides is 1. The van der Waals surface area contributed by atoms with Crippen LogP contribution in [0.5, 0.6) is 0 Å². The van der Waals surface area contributed by atoms with E-state index in [0.717, 1.165) is 5.56 Å². The van der Waals surface area contributed by atoms with E-state index >= 15 is 0 Å². The molecule has 0 fully saturated rings. The molecule has 0 aliphatic carbocycles. The van der Waals surface area contributed by atoms with E-state index in [4.69, 9.17) is 17.3 Å². The van der Waals surface area contributed by atoms with Gasteiger partial charge in [-0.3, -0.25) is 9.59 Å². The standard InChI is InChI=1S/C23H29ClN4O3/c1-23(2,3)19(28-22(31)26-17-12-10-16(24)11-13-17)21(30)27-18(20(25)29)14-9-15-7-5-4-6-8-15/h4-8,10-13,18-19H,9,14H2,1-3H3,(H2,25,29)(H,27,30)(H2,26,28,31). The molecule has 4 amide bonds. The van der Waals surface area contributed by atoms with Crippen LogP contribution in [-0.2, 0) is 16.0 Å². The third kappa shape index (κ3) is 7.94. The van der Waals surface area contributed by atoms with Gasteiger partial charge in [0.25, 0.3) is 0 Å². The number of amides is 4. The molecule has 0 aliphatic rings. The van der Waals surface area contributed by atoms with Crippen molar-refractivity contribution >= 4 is 35.1 Å². The third-order valence-corrected chi connectivity index (χ3v) is 4.98. The van der Waals surface area contributed by atoms with Crippen LogP contribution in [0.3, 0.4) is 0 Å². The van der Waals surface area contributed by atoms with Gasteiger partial charge in [0.15, 0.2) is 0 Å². The molecule has 5 N–H and O–H groups in total. The van der Waals surface area contributed by atoms with Crippen molar-refractivity contribution in [3.8, 4) is 0 Å². The monoisotopic (exact) mass is 444 g/mol. The zero-order valence-corrected chi connectivity index (χ0v) is 18.7. The average Bonchev–Trinajstić information content (AvgIpc) is 2.70. The Hall–Kier alpha value is -3.06. The molecule has 2 aromatic rings. The van der Waals surface area contributed by atoms with Crippen LogP contribution in [-0.4, -0.2) is 29.9 Å².